The van der Waals surface area contributed by atoms with E-state index in [-0.39, 0.29) is 21.1 Å². The first-order valence-corrected chi connectivity index (χ1v) is 12.6. The van der Waals surface area contributed by atoms with Crippen molar-refractivity contribution in [2.24, 2.45) is 7.05 Å². The van der Waals surface area contributed by atoms with Crippen LogP contribution in [0.4, 0.5) is 17.2 Å². The molecular formula is C33H22N4O2Pt. The number of anilines is 3. The van der Waals surface area contributed by atoms with E-state index in [1.165, 1.54) is 0 Å². The monoisotopic (exact) mass is 701 g/mol. The van der Waals surface area contributed by atoms with Gasteiger partial charge in [0, 0.05) is 42.5 Å². The zero-order chi connectivity index (χ0) is 26.2. The molecule has 3 heterocycles. The van der Waals surface area contributed by atoms with Crippen molar-refractivity contribution in [3.63, 3.8) is 0 Å². The molecule has 0 atom stereocenters. The molecule has 0 spiro atoms. The Bertz CT molecular complexity index is 1880. The molecule has 0 aliphatic heterocycles. The van der Waals surface area contributed by atoms with Crippen LogP contribution in [-0.4, -0.2) is 14.5 Å². The normalized spacial score (nSPS) is 10.9. The van der Waals surface area contributed by atoms with Crippen LogP contribution in [0.1, 0.15) is 0 Å². The van der Waals surface area contributed by atoms with Crippen molar-refractivity contribution in [2.45, 2.75) is 0 Å². The van der Waals surface area contributed by atoms with Crippen LogP contribution in [0.25, 0.3) is 33.3 Å². The largest absolute Gasteiger partial charge is 2.00 e. The van der Waals surface area contributed by atoms with E-state index in [0.29, 0.717) is 17.1 Å². The summed E-state index contributed by atoms with van der Waals surface area (Å²) < 4.78 is 14.7. The minimum absolute atomic E-state index is 0. The minimum Gasteiger partial charge on any atom is -0.512 e. The molecule has 0 fully saturated rings. The molecule has 7 aromatic rings. The van der Waals surface area contributed by atoms with Crippen molar-refractivity contribution in [3.8, 4) is 22.9 Å². The van der Waals surface area contributed by atoms with E-state index in [0.717, 1.165) is 44.9 Å². The van der Waals surface area contributed by atoms with E-state index in [1.807, 2.05) is 103 Å². The summed E-state index contributed by atoms with van der Waals surface area (Å²) in [6, 6.07) is 38.6. The van der Waals surface area contributed by atoms with E-state index in [2.05, 4.69) is 39.1 Å². The van der Waals surface area contributed by atoms with Crippen LogP contribution in [0.3, 0.4) is 0 Å². The summed E-state index contributed by atoms with van der Waals surface area (Å²) >= 11 is 0. The zero-order valence-corrected chi connectivity index (χ0v) is 23.7. The fourth-order valence-corrected chi connectivity index (χ4v) is 4.75. The number of aryl methyl sites for hydroxylation is 1. The zero-order valence-electron chi connectivity index (χ0n) is 21.4. The van der Waals surface area contributed by atoms with Crippen molar-refractivity contribution in [1.29, 1.82) is 0 Å². The number of pyridine rings is 1. The van der Waals surface area contributed by atoms with E-state index in [1.54, 1.807) is 12.4 Å². The Morgan fingerprint density at radius 3 is 2.42 bits per heavy atom. The molecule has 0 unspecified atom stereocenters. The maximum atomic E-state index is 6.47. The van der Waals surface area contributed by atoms with Gasteiger partial charge < -0.3 is 18.6 Å². The number of hydrogen-bond donors (Lipinski definition) is 0. The van der Waals surface area contributed by atoms with Gasteiger partial charge in [0.2, 0.25) is 0 Å². The fourth-order valence-electron chi connectivity index (χ4n) is 4.75. The summed E-state index contributed by atoms with van der Waals surface area (Å²) in [4.78, 5) is 11.2. The smallest absolute Gasteiger partial charge is 0.512 e. The first kappa shape index (κ1) is 25.6. The molecule has 0 saturated carbocycles. The van der Waals surface area contributed by atoms with Gasteiger partial charge in [0.1, 0.15) is 11.4 Å². The van der Waals surface area contributed by atoms with Gasteiger partial charge in [0.25, 0.3) is 0 Å². The van der Waals surface area contributed by atoms with Gasteiger partial charge in [-0.25, -0.2) is 4.98 Å². The SMILES string of the molecule is Cn1ccnc1-c1[c-]c(Oc2[c-]c(N(c3ccccc3)c3ccccn3)cc3c2oc2ccccc23)ccc1.[Pt+2]. The third kappa shape index (κ3) is 4.67. The third-order valence-electron chi connectivity index (χ3n) is 6.54. The van der Waals surface area contributed by atoms with Gasteiger partial charge in [0.05, 0.1) is 17.2 Å². The van der Waals surface area contributed by atoms with Gasteiger partial charge in [-0.15, -0.1) is 35.9 Å². The number of imidazole rings is 1. The second-order valence-corrected chi connectivity index (χ2v) is 9.08. The number of benzene rings is 4. The van der Waals surface area contributed by atoms with Crippen LogP contribution in [0.2, 0.25) is 0 Å². The molecule has 7 heteroatoms. The van der Waals surface area contributed by atoms with Gasteiger partial charge >= 0.3 is 21.1 Å². The van der Waals surface area contributed by atoms with Crippen molar-refractivity contribution >= 4 is 39.1 Å². The number of para-hydroxylation sites is 2. The molecule has 40 heavy (non-hydrogen) atoms. The number of furan rings is 1. The molecule has 3 aromatic heterocycles. The van der Waals surface area contributed by atoms with Crippen molar-refractivity contribution in [2.75, 3.05) is 4.90 Å². The third-order valence-corrected chi connectivity index (χ3v) is 6.54. The number of hydrogen-bond acceptors (Lipinski definition) is 5. The molecule has 196 valence electrons. The number of aromatic nitrogens is 3. The quantitative estimate of drug-likeness (QED) is 0.164. The molecule has 0 aliphatic rings. The van der Waals surface area contributed by atoms with Gasteiger partial charge in [0.15, 0.2) is 0 Å². The number of ether oxygens (including phenoxy) is 1. The Morgan fingerprint density at radius 1 is 0.800 bits per heavy atom. The standard InChI is InChI=1S/C33H22N4O2.Pt/c1-36-19-18-35-33(36)23-10-9-13-26(20-23)38-30-22-25(21-28-27-14-5-6-15-29(27)39-32(28)30)37(24-11-3-2-4-12-24)31-16-7-8-17-34-31;/h2-19,21H,1H3;/q-2;+2. The summed E-state index contributed by atoms with van der Waals surface area (Å²) in [5, 5.41) is 1.92. The van der Waals surface area contributed by atoms with Gasteiger partial charge in [-0.05, 0) is 30.3 Å². The van der Waals surface area contributed by atoms with Gasteiger partial charge in [-0.2, -0.15) is 0 Å². The maximum absolute atomic E-state index is 6.47. The summed E-state index contributed by atoms with van der Waals surface area (Å²) in [5.41, 5.74) is 3.95. The Balaban J connectivity index is 0.00000289. The Labute approximate surface area is 245 Å². The maximum Gasteiger partial charge on any atom is 2.00 e. The van der Waals surface area contributed by atoms with Crippen LogP contribution in [0.5, 0.6) is 11.5 Å². The molecule has 0 amide bonds. The summed E-state index contributed by atoms with van der Waals surface area (Å²) in [7, 11) is 1.95. The molecule has 0 aliphatic carbocycles. The van der Waals surface area contributed by atoms with E-state index in [4.69, 9.17) is 9.15 Å². The number of nitrogens with zero attached hydrogens (tertiary/aromatic N) is 4. The van der Waals surface area contributed by atoms with Crippen LogP contribution < -0.4 is 9.64 Å². The van der Waals surface area contributed by atoms with Crippen molar-refractivity contribution in [1.82, 2.24) is 14.5 Å². The topological polar surface area (TPSA) is 56.3 Å². The van der Waals surface area contributed by atoms with Crippen LogP contribution >= 0.6 is 0 Å². The van der Waals surface area contributed by atoms with Gasteiger partial charge in [-0.1, -0.05) is 59.6 Å². The van der Waals surface area contributed by atoms with Gasteiger partial charge in [-0.3, -0.25) is 4.98 Å². The Morgan fingerprint density at radius 2 is 1.62 bits per heavy atom. The van der Waals surface area contributed by atoms with Crippen LogP contribution in [0.15, 0.2) is 120 Å². The predicted octanol–water partition coefficient (Wildman–Crippen LogP) is 8.24. The minimum atomic E-state index is 0. The molecular weight excluding hydrogens is 679 g/mol. The van der Waals surface area contributed by atoms with Crippen LogP contribution in [-0.2, 0) is 28.1 Å². The Hall–Kier alpha value is -4.67. The first-order valence-electron chi connectivity index (χ1n) is 12.6. The summed E-state index contributed by atoms with van der Waals surface area (Å²) in [6.45, 7) is 0. The molecule has 0 saturated heterocycles. The fraction of sp³-hybridized carbons (Fsp3) is 0.0303. The molecule has 0 bridgehead atoms. The molecule has 6 nitrogen and oxygen atoms in total. The molecule has 0 N–H and O–H groups in total. The summed E-state index contributed by atoms with van der Waals surface area (Å²) in [5.74, 6) is 2.57. The Kier molecular flexibility index (Phi) is 6.93. The molecule has 4 aromatic carbocycles. The average Bonchev–Trinajstić information content (AvgIpc) is 3.58. The second kappa shape index (κ2) is 10.8. The number of fused-ring (bicyclic) bond motifs is 3. The average molecular weight is 702 g/mol. The second-order valence-electron chi connectivity index (χ2n) is 9.08. The first-order chi connectivity index (χ1) is 19.2. The van der Waals surface area contributed by atoms with Crippen molar-refractivity contribution < 1.29 is 30.2 Å². The number of rotatable bonds is 6. The molecule has 0 radical (unpaired) electrons. The van der Waals surface area contributed by atoms with Crippen molar-refractivity contribution in [3.05, 3.63) is 128 Å². The molecule has 7 rings (SSSR count). The summed E-state index contributed by atoms with van der Waals surface area (Å²) in [6.07, 6.45) is 5.45. The van der Waals surface area contributed by atoms with E-state index in [9.17, 15) is 0 Å². The van der Waals surface area contributed by atoms with E-state index < -0.39 is 0 Å². The van der Waals surface area contributed by atoms with Crippen LogP contribution in [0, 0.1) is 12.1 Å². The predicted molar refractivity (Wildman–Crippen MR) is 153 cm³/mol. The van der Waals surface area contributed by atoms with E-state index >= 15 is 0 Å².